The van der Waals surface area contributed by atoms with E-state index in [1.807, 2.05) is 47.1 Å². The molecular formula is C37H20N4S2. The molecule has 0 aliphatic rings. The zero-order chi connectivity index (χ0) is 28.1. The van der Waals surface area contributed by atoms with Crippen LogP contribution < -0.4 is 0 Å². The van der Waals surface area contributed by atoms with E-state index in [1.165, 1.54) is 40.3 Å². The molecule has 5 aromatic heterocycles. The van der Waals surface area contributed by atoms with Gasteiger partial charge in [-0.1, -0.05) is 97.1 Å². The molecule has 0 bridgehead atoms. The number of thiophene rings is 2. The Hall–Kier alpha value is -5.17. The third-order valence-corrected chi connectivity index (χ3v) is 11.0. The molecule has 5 heterocycles. The molecule has 10 rings (SSSR count). The first-order valence-corrected chi connectivity index (χ1v) is 15.8. The molecule has 0 fully saturated rings. The van der Waals surface area contributed by atoms with E-state index in [1.54, 1.807) is 0 Å². The lowest BCUT2D eigenvalue weighted by Crippen LogP contribution is -2.04. The number of nitrogens with zero attached hydrogens (tertiary/aromatic N) is 4. The SMILES string of the molecule is c1ccc(-c2nc(-n3c4ccccc4c4ccc5c(sc6sc7ccccc7c65)c43)nc3c2cnc2ccccc23)cc1. The van der Waals surface area contributed by atoms with Crippen LogP contribution in [0.5, 0.6) is 0 Å². The molecule has 200 valence electrons. The summed E-state index contributed by atoms with van der Waals surface area (Å²) in [5.74, 6) is 0.669. The molecule has 0 aliphatic heterocycles. The zero-order valence-electron chi connectivity index (χ0n) is 22.7. The van der Waals surface area contributed by atoms with Gasteiger partial charge in [0.2, 0.25) is 5.95 Å². The van der Waals surface area contributed by atoms with Gasteiger partial charge in [-0.3, -0.25) is 9.55 Å². The van der Waals surface area contributed by atoms with E-state index < -0.39 is 0 Å². The summed E-state index contributed by atoms with van der Waals surface area (Å²) in [6, 6.07) is 40.6. The van der Waals surface area contributed by atoms with Gasteiger partial charge in [-0.05, 0) is 18.2 Å². The number of pyridine rings is 1. The molecular weight excluding hydrogens is 565 g/mol. The molecule has 0 amide bonds. The maximum atomic E-state index is 5.35. The van der Waals surface area contributed by atoms with Crippen molar-refractivity contribution < 1.29 is 0 Å². The second-order valence-corrected chi connectivity index (χ2v) is 13.2. The van der Waals surface area contributed by atoms with Crippen LogP contribution in [0.2, 0.25) is 0 Å². The third-order valence-electron chi connectivity index (χ3n) is 8.49. The summed E-state index contributed by atoms with van der Waals surface area (Å²) in [5, 5.41) is 8.34. The average Bonchev–Trinajstić information content (AvgIpc) is 3.72. The van der Waals surface area contributed by atoms with Gasteiger partial charge in [-0.2, -0.15) is 0 Å². The van der Waals surface area contributed by atoms with Gasteiger partial charge in [-0.25, -0.2) is 9.97 Å². The number of hydrogen-bond acceptors (Lipinski definition) is 5. The summed E-state index contributed by atoms with van der Waals surface area (Å²) < 4.78 is 6.24. The molecule has 0 saturated heterocycles. The number of para-hydroxylation sites is 2. The largest absolute Gasteiger partial charge is 0.276 e. The van der Waals surface area contributed by atoms with Crippen molar-refractivity contribution in [1.82, 2.24) is 19.5 Å². The average molecular weight is 585 g/mol. The van der Waals surface area contributed by atoms with E-state index >= 15 is 0 Å². The highest BCUT2D eigenvalue weighted by Crippen LogP contribution is 2.48. The second kappa shape index (κ2) is 8.67. The van der Waals surface area contributed by atoms with Gasteiger partial charge in [-0.15, -0.1) is 22.7 Å². The Kier molecular flexibility index (Phi) is 4.72. The van der Waals surface area contributed by atoms with Crippen LogP contribution in [0.15, 0.2) is 121 Å². The first-order chi connectivity index (χ1) is 21.3. The smallest absolute Gasteiger partial charge is 0.235 e. The Morgan fingerprint density at radius 2 is 1.30 bits per heavy atom. The van der Waals surface area contributed by atoms with Crippen molar-refractivity contribution in [3.63, 3.8) is 0 Å². The molecule has 0 radical (unpaired) electrons. The van der Waals surface area contributed by atoms with Gasteiger partial charge >= 0.3 is 0 Å². The number of benzene rings is 5. The third kappa shape index (κ3) is 3.22. The van der Waals surface area contributed by atoms with E-state index in [0.29, 0.717) is 5.95 Å². The zero-order valence-corrected chi connectivity index (χ0v) is 24.3. The summed E-state index contributed by atoms with van der Waals surface area (Å²) in [7, 11) is 0. The Morgan fingerprint density at radius 1 is 0.558 bits per heavy atom. The molecule has 0 atom stereocenters. The van der Waals surface area contributed by atoms with E-state index in [2.05, 4.69) is 102 Å². The predicted octanol–water partition coefficient (Wildman–Crippen LogP) is 10.5. The Bertz CT molecular complexity index is 2730. The van der Waals surface area contributed by atoms with Crippen molar-refractivity contribution in [1.29, 1.82) is 0 Å². The van der Waals surface area contributed by atoms with E-state index in [4.69, 9.17) is 15.0 Å². The first kappa shape index (κ1) is 23.4. The molecule has 43 heavy (non-hydrogen) atoms. The van der Waals surface area contributed by atoms with Gasteiger partial charge in [0.1, 0.15) is 0 Å². The maximum absolute atomic E-state index is 5.35. The summed E-state index contributed by atoms with van der Waals surface area (Å²) in [6.07, 6.45) is 1.92. The van der Waals surface area contributed by atoms with Crippen LogP contribution >= 0.6 is 22.7 Å². The quantitative estimate of drug-likeness (QED) is 0.190. The summed E-state index contributed by atoms with van der Waals surface area (Å²) in [5.41, 5.74) is 6.02. The number of hydrogen-bond donors (Lipinski definition) is 0. The molecule has 0 aliphatic carbocycles. The Morgan fingerprint density at radius 3 is 2.21 bits per heavy atom. The molecule has 10 aromatic rings. The highest BCUT2D eigenvalue weighted by molar-refractivity contribution is 7.45. The highest BCUT2D eigenvalue weighted by Gasteiger charge is 2.22. The van der Waals surface area contributed by atoms with Gasteiger partial charge in [0.15, 0.2) is 0 Å². The van der Waals surface area contributed by atoms with Crippen molar-refractivity contribution in [2.75, 3.05) is 0 Å². The Labute approximate surface area is 253 Å². The van der Waals surface area contributed by atoms with Crippen molar-refractivity contribution in [3.05, 3.63) is 121 Å². The minimum atomic E-state index is 0.669. The molecule has 0 spiro atoms. The van der Waals surface area contributed by atoms with E-state index in [9.17, 15) is 0 Å². The second-order valence-electron chi connectivity index (χ2n) is 10.8. The van der Waals surface area contributed by atoms with Crippen molar-refractivity contribution in [2.24, 2.45) is 0 Å². The lowest BCUT2D eigenvalue weighted by atomic mass is 10.1. The summed E-state index contributed by atoms with van der Waals surface area (Å²) in [6.45, 7) is 0. The molecule has 5 aromatic carbocycles. The van der Waals surface area contributed by atoms with Crippen LogP contribution in [-0.4, -0.2) is 19.5 Å². The standard InChI is InChI=1S/C37H20N4S2/c1-2-10-21(11-3-1)32-27-20-38-28-15-7-4-13-24(28)33(27)40-37(39-32)41-29-16-8-5-12-22(29)23-18-19-26-31-25-14-6-9-17-30(25)42-36(31)43-35(26)34(23)41/h1-20H. The molecule has 6 heteroatoms. The fourth-order valence-electron chi connectivity index (χ4n) is 6.60. The maximum Gasteiger partial charge on any atom is 0.235 e. The van der Waals surface area contributed by atoms with Gasteiger partial charge in [0.05, 0.1) is 36.5 Å². The number of rotatable bonds is 2. The molecule has 0 unspecified atom stereocenters. The molecule has 0 N–H and O–H groups in total. The fourth-order valence-corrected chi connectivity index (χ4v) is 9.32. The molecule has 0 saturated carbocycles. The lowest BCUT2D eigenvalue weighted by Gasteiger charge is -2.13. The predicted molar refractivity (Wildman–Crippen MR) is 183 cm³/mol. The van der Waals surface area contributed by atoms with Crippen molar-refractivity contribution in [3.8, 4) is 17.2 Å². The van der Waals surface area contributed by atoms with Gasteiger partial charge in [0.25, 0.3) is 0 Å². The van der Waals surface area contributed by atoms with Crippen LogP contribution in [-0.2, 0) is 0 Å². The van der Waals surface area contributed by atoms with Crippen LogP contribution in [0.1, 0.15) is 0 Å². The van der Waals surface area contributed by atoms with E-state index in [0.717, 1.165) is 44.1 Å². The van der Waals surface area contributed by atoms with E-state index in [-0.39, 0.29) is 0 Å². The van der Waals surface area contributed by atoms with Crippen LogP contribution in [0.3, 0.4) is 0 Å². The first-order valence-electron chi connectivity index (χ1n) is 14.2. The van der Waals surface area contributed by atoms with Crippen LogP contribution in [0.4, 0.5) is 0 Å². The van der Waals surface area contributed by atoms with Gasteiger partial charge < -0.3 is 0 Å². The highest BCUT2D eigenvalue weighted by atomic mass is 32.2. The number of fused-ring (bicyclic) bond motifs is 12. The summed E-state index contributed by atoms with van der Waals surface area (Å²) >= 11 is 3.76. The summed E-state index contributed by atoms with van der Waals surface area (Å²) in [4.78, 5) is 15.5. The fraction of sp³-hybridized carbons (Fsp3) is 0. The minimum Gasteiger partial charge on any atom is -0.276 e. The monoisotopic (exact) mass is 584 g/mol. The van der Waals surface area contributed by atoms with Crippen molar-refractivity contribution >= 4 is 95.9 Å². The van der Waals surface area contributed by atoms with Gasteiger partial charge in [0, 0.05) is 54.2 Å². The minimum absolute atomic E-state index is 0.669. The number of aromatic nitrogens is 4. The van der Waals surface area contributed by atoms with Crippen LogP contribution in [0, 0.1) is 0 Å². The Balaban J connectivity index is 1.40. The van der Waals surface area contributed by atoms with Crippen LogP contribution in [0.25, 0.3) is 90.4 Å². The normalized spacial score (nSPS) is 12.2. The molecule has 4 nitrogen and oxygen atoms in total. The lowest BCUT2D eigenvalue weighted by molar-refractivity contribution is 1.02. The van der Waals surface area contributed by atoms with Crippen molar-refractivity contribution in [2.45, 2.75) is 0 Å². The topological polar surface area (TPSA) is 43.6 Å².